The van der Waals surface area contributed by atoms with E-state index in [1.807, 2.05) is 48.7 Å². The molecular formula is C23H23N3O5S. The number of hydrogen-bond donors (Lipinski definition) is 1. The van der Waals surface area contributed by atoms with Crippen molar-refractivity contribution >= 4 is 28.2 Å². The van der Waals surface area contributed by atoms with Crippen LogP contribution in [0.2, 0.25) is 0 Å². The molecule has 0 amide bonds. The van der Waals surface area contributed by atoms with Crippen molar-refractivity contribution in [2.24, 2.45) is 0 Å². The zero-order valence-electron chi connectivity index (χ0n) is 17.6. The Bertz CT molecular complexity index is 1190. The van der Waals surface area contributed by atoms with Crippen molar-refractivity contribution in [2.45, 2.75) is 19.9 Å². The Hall–Kier alpha value is -3.59. The van der Waals surface area contributed by atoms with Crippen molar-refractivity contribution in [2.75, 3.05) is 19.8 Å². The quantitative estimate of drug-likeness (QED) is 0.334. The van der Waals surface area contributed by atoms with Gasteiger partial charge < -0.3 is 23.9 Å². The number of pyridine rings is 1. The molecule has 1 N–H and O–H groups in total. The second kappa shape index (κ2) is 10.1. The Morgan fingerprint density at radius 2 is 1.97 bits per heavy atom. The maximum atomic E-state index is 10.9. The van der Waals surface area contributed by atoms with E-state index in [0.717, 1.165) is 27.2 Å². The van der Waals surface area contributed by atoms with Crippen molar-refractivity contribution in [1.29, 1.82) is 0 Å². The number of thiazole rings is 1. The molecule has 0 saturated heterocycles. The number of carboxylic acid groups (broad SMARTS) is 1. The molecule has 1 aromatic carbocycles. The molecule has 0 fully saturated rings. The topological polar surface area (TPSA) is 95.7 Å². The van der Waals surface area contributed by atoms with Gasteiger partial charge in [0.25, 0.3) is 0 Å². The van der Waals surface area contributed by atoms with Crippen LogP contribution >= 0.6 is 11.3 Å². The fourth-order valence-electron chi connectivity index (χ4n) is 3.18. The van der Waals surface area contributed by atoms with Gasteiger partial charge in [0.2, 0.25) is 11.8 Å². The summed E-state index contributed by atoms with van der Waals surface area (Å²) in [6, 6.07) is 11.3. The van der Waals surface area contributed by atoms with Crippen molar-refractivity contribution in [3.8, 4) is 28.1 Å². The third kappa shape index (κ3) is 5.36. The standard InChI is InChI=1S/C23H23N3O5S/c1-2-29-21-15-32-23(25-21)17-4-7-20(24-13-17)31-11-3-10-30-18-5-6-19-16(12-18)8-9-26(19)14-22(27)28/h4-9,12-13,15H,2-3,10-11,14H2,1H3,(H,27,28). The third-order valence-electron chi connectivity index (χ3n) is 4.61. The number of aromatic nitrogens is 3. The molecule has 3 aromatic heterocycles. The van der Waals surface area contributed by atoms with Crippen molar-refractivity contribution < 1.29 is 24.1 Å². The molecule has 9 heteroatoms. The summed E-state index contributed by atoms with van der Waals surface area (Å²) in [6.07, 6.45) is 4.21. The van der Waals surface area contributed by atoms with Crippen LogP contribution < -0.4 is 14.2 Å². The SMILES string of the molecule is CCOc1csc(-c2ccc(OCCCOc3ccc4c(ccn4CC(=O)O)c3)nc2)n1. The number of carbonyl (C=O) groups is 1. The monoisotopic (exact) mass is 453 g/mol. The summed E-state index contributed by atoms with van der Waals surface area (Å²) in [7, 11) is 0. The molecule has 0 saturated carbocycles. The first-order chi connectivity index (χ1) is 15.6. The molecule has 0 radical (unpaired) electrons. The average molecular weight is 454 g/mol. The first kappa shape index (κ1) is 21.6. The van der Waals surface area contributed by atoms with Crippen LogP contribution in [0.3, 0.4) is 0 Å². The molecule has 4 aromatic rings. The number of rotatable bonds is 11. The number of aliphatic carboxylic acids is 1. The summed E-state index contributed by atoms with van der Waals surface area (Å²) >= 11 is 1.51. The van der Waals surface area contributed by atoms with Gasteiger partial charge in [0.05, 0.1) is 25.2 Å². The number of hydrogen-bond acceptors (Lipinski definition) is 7. The number of fused-ring (bicyclic) bond motifs is 1. The van der Waals surface area contributed by atoms with E-state index >= 15 is 0 Å². The second-order valence-electron chi connectivity index (χ2n) is 6.92. The Labute approximate surface area is 189 Å². The fourth-order valence-corrected chi connectivity index (χ4v) is 3.91. The van der Waals surface area contributed by atoms with E-state index < -0.39 is 5.97 Å². The third-order valence-corrected chi connectivity index (χ3v) is 5.48. The maximum absolute atomic E-state index is 10.9. The van der Waals surface area contributed by atoms with E-state index in [9.17, 15) is 4.79 Å². The molecule has 32 heavy (non-hydrogen) atoms. The number of carboxylic acids is 1. The summed E-state index contributed by atoms with van der Waals surface area (Å²) in [5, 5.41) is 12.6. The minimum Gasteiger partial charge on any atom is -0.493 e. The van der Waals surface area contributed by atoms with Gasteiger partial charge in [-0.05, 0) is 37.3 Å². The van der Waals surface area contributed by atoms with Crippen LogP contribution in [0.15, 0.2) is 54.2 Å². The van der Waals surface area contributed by atoms with Crippen LogP contribution in [0.1, 0.15) is 13.3 Å². The van der Waals surface area contributed by atoms with E-state index in [-0.39, 0.29) is 6.54 Å². The Kier molecular flexibility index (Phi) is 6.86. The number of benzene rings is 1. The van der Waals surface area contributed by atoms with Crippen LogP contribution in [-0.4, -0.2) is 45.4 Å². The van der Waals surface area contributed by atoms with Gasteiger partial charge in [0.15, 0.2) is 0 Å². The van der Waals surface area contributed by atoms with Gasteiger partial charge in [0.1, 0.15) is 17.3 Å². The lowest BCUT2D eigenvalue weighted by molar-refractivity contribution is -0.137. The summed E-state index contributed by atoms with van der Waals surface area (Å²) in [6.45, 7) is 3.44. The molecule has 0 aliphatic carbocycles. The highest BCUT2D eigenvalue weighted by Gasteiger charge is 2.07. The highest BCUT2D eigenvalue weighted by Crippen LogP contribution is 2.27. The summed E-state index contributed by atoms with van der Waals surface area (Å²) in [4.78, 5) is 19.7. The number of nitrogens with zero attached hydrogens (tertiary/aromatic N) is 3. The Balaban J connectivity index is 1.22. The molecule has 0 bridgehead atoms. The Morgan fingerprint density at radius 3 is 2.75 bits per heavy atom. The van der Waals surface area contributed by atoms with Crippen LogP contribution in [0.25, 0.3) is 21.5 Å². The smallest absolute Gasteiger partial charge is 0.323 e. The van der Waals surface area contributed by atoms with Crippen LogP contribution in [0.5, 0.6) is 17.5 Å². The highest BCUT2D eigenvalue weighted by atomic mass is 32.1. The molecule has 8 nitrogen and oxygen atoms in total. The van der Waals surface area contributed by atoms with E-state index in [1.165, 1.54) is 11.3 Å². The van der Waals surface area contributed by atoms with E-state index in [0.29, 0.717) is 38.0 Å². The molecule has 0 aliphatic heterocycles. The Morgan fingerprint density at radius 1 is 1.09 bits per heavy atom. The molecule has 0 atom stereocenters. The van der Waals surface area contributed by atoms with E-state index in [1.54, 1.807) is 17.0 Å². The second-order valence-corrected chi connectivity index (χ2v) is 7.78. The van der Waals surface area contributed by atoms with Crippen LogP contribution in [0, 0.1) is 0 Å². The molecule has 0 unspecified atom stereocenters. The van der Waals surface area contributed by atoms with E-state index in [2.05, 4.69) is 9.97 Å². The summed E-state index contributed by atoms with van der Waals surface area (Å²) < 4.78 is 18.6. The van der Waals surface area contributed by atoms with Gasteiger partial charge in [-0.2, -0.15) is 0 Å². The fraction of sp³-hybridized carbons (Fsp3) is 0.261. The lowest BCUT2D eigenvalue weighted by Crippen LogP contribution is -2.07. The normalized spacial score (nSPS) is 10.9. The lowest BCUT2D eigenvalue weighted by atomic mass is 10.2. The first-order valence-electron chi connectivity index (χ1n) is 10.2. The molecule has 4 rings (SSSR count). The van der Waals surface area contributed by atoms with E-state index in [4.69, 9.17) is 19.3 Å². The van der Waals surface area contributed by atoms with Gasteiger partial charge in [0, 0.05) is 41.3 Å². The summed E-state index contributed by atoms with van der Waals surface area (Å²) in [5.74, 6) is 1.05. The summed E-state index contributed by atoms with van der Waals surface area (Å²) in [5.41, 5.74) is 1.79. The van der Waals surface area contributed by atoms with Crippen molar-refractivity contribution in [3.05, 3.63) is 54.2 Å². The van der Waals surface area contributed by atoms with Gasteiger partial charge in [-0.15, -0.1) is 11.3 Å². The zero-order chi connectivity index (χ0) is 22.3. The van der Waals surface area contributed by atoms with Gasteiger partial charge >= 0.3 is 5.97 Å². The minimum atomic E-state index is -0.870. The van der Waals surface area contributed by atoms with Gasteiger partial charge in [-0.3, -0.25) is 4.79 Å². The van der Waals surface area contributed by atoms with Gasteiger partial charge in [-0.1, -0.05) is 0 Å². The van der Waals surface area contributed by atoms with Crippen LogP contribution in [-0.2, 0) is 11.3 Å². The maximum Gasteiger partial charge on any atom is 0.323 e. The van der Waals surface area contributed by atoms with Crippen LogP contribution in [0.4, 0.5) is 0 Å². The molecule has 0 spiro atoms. The largest absolute Gasteiger partial charge is 0.493 e. The van der Waals surface area contributed by atoms with Crippen molar-refractivity contribution in [3.63, 3.8) is 0 Å². The molecular weight excluding hydrogens is 430 g/mol. The van der Waals surface area contributed by atoms with Crippen molar-refractivity contribution in [1.82, 2.24) is 14.5 Å². The zero-order valence-corrected chi connectivity index (χ0v) is 18.4. The highest BCUT2D eigenvalue weighted by molar-refractivity contribution is 7.13. The minimum absolute atomic E-state index is 0.0613. The predicted molar refractivity (Wildman–Crippen MR) is 122 cm³/mol. The average Bonchev–Trinajstić information content (AvgIpc) is 3.41. The molecule has 166 valence electrons. The lowest BCUT2D eigenvalue weighted by Gasteiger charge is -2.08. The first-order valence-corrected chi connectivity index (χ1v) is 11.1. The molecule has 3 heterocycles. The molecule has 0 aliphatic rings. The predicted octanol–water partition coefficient (Wildman–Crippen LogP) is 4.49. The number of ether oxygens (including phenoxy) is 3. The van der Waals surface area contributed by atoms with Gasteiger partial charge in [-0.25, -0.2) is 9.97 Å².